The van der Waals surface area contributed by atoms with E-state index in [0.29, 0.717) is 5.52 Å². The van der Waals surface area contributed by atoms with Crippen molar-refractivity contribution in [2.75, 3.05) is 5.32 Å². The van der Waals surface area contributed by atoms with Crippen molar-refractivity contribution in [2.24, 2.45) is 0 Å². The second-order valence-corrected chi connectivity index (χ2v) is 4.02. The molecule has 3 rings (SSSR count). The van der Waals surface area contributed by atoms with E-state index >= 15 is 0 Å². The van der Waals surface area contributed by atoms with Crippen molar-refractivity contribution in [3.63, 3.8) is 0 Å². The average molecular weight is 236 g/mol. The van der Waals surface area contributed by atoms with Crippen LogP contribution in [-0.4, -0.2) is 10.1 Å². The fourth-order valence-corrected chi connectivity index (χ4v) is 1.94. The van der Waals surface area contributed by atoms with Crippen molar-refractivity contribution < 1.29 is 5.11 Å². The van der Waals surface area contributed by atoms with Gasteiger partial charge in [0.15, 0.2) is 0 Å². The maximum absolute atomic E-state index is 9.77. The van der Waals surface area contributed by atoms with E-state index in [4.69, 9.17) is 0 Å². The molecule has 0 fully saturated rings. The van der Waals surface area contributed by atoms with E-state index in [2.05, 4.69) is 10.3 Å². The number of nitrogens with one attached hydrogen (secondary N) is 1. The number of nitrogens with zero attached hydrogens (tertiary/aromatic N) is 1. The quantitative estimate of drug-likeness (QED) is 0.667. The molecule has 0 spiro atoms. The topological polar surface area (TPSA) is 45.1 Å². The molecule has 0 saturated heterocycles. The highest BCUT2D eigenvalue weighted by Crippen LogP contribution is 2.30. The van der Waals surface area contributed by atoms with E-state index in [1.54, 1.807) is 12.3 Å². The van der Waals surface area contributed by atoms with Gasteiger partial charge in [0.2, 0.25) is 0 Å². The van der Waals surface area contributed by atoms with Crippen molar-refractivity contribution in [2.45, 2.75) is 0 Å². The number of aromatic nitrogens is 1. The molecule has 3 nitrogen and oxygen atoms in total. The predicted molar refractivity (Wildman–Crippen MR) is 73.1 cm³/mol. The number of phenols is 1. The summed E-state index contributed by atoms with van der Waals surface area (Å²) < 4.78 is 0. The minimum absolute atomic E-state index is 0.198. The first kappa shape index (κ1) is 10.6. The second-order valence-electron chi connectivity index (χ2n) is 4.02. The van der Waals surface area contributed by atoms with Crippen molar-refractivity contribution >= 4 is 22.3 Å². The number of phenolic OH excluding ortho intramolecular Hbond substituents is 1. The maximum atomic E-state index is 9.77. The first-order chi connectivity index (χ1) is 8.84. The Hall–Kier alpha value is -2.55. The molecule has 0 amide bonds. The van der Waals surface area contributed by atoms with Gasteiger partial charge < -0.3 is 10.4 Å². The monoisotopic (exact) mass is 236 g/mol. The van der Waals surface area contributed by atoms with Crippen molar-refractivity contribution in [3.8, 4) is 5.75 Å². The number of anilines is 2. The number of aromatic hydroxyl groups is 1. The van der Waals surface area contributed by atoms with Gasteiger partial charge in [0, 0.05) is 23.0 Å². The van der Waals surface area contributed by atoms with Crippen molar-refractivity contribution in [1.29, 1.82) is 0 Å². The van der Waals surface area contributed by atoms with Crippen LogP contribution in [0, 0.1) is 0 Å². The molecule has 3 heteroatoms. The van der Waals surface area contributed by atoms with Crippen LogP contribution in [0.3, 0.4) is 0 Å². The van der Waals surface area contributed by atoms with Crippen LogP contribution < -0.4 is 5.32 Å². The highest BCUT2D eigenvalue weighted by molar-refractivity contribution is 5.96. The maximum Gasteiger partial charge on any atom is 0.141 e. The van der Waals surface area contributed by atoms with Gasteiger partial charge in [-0.05, 0) is 36.4 Å². The first-order valence-electron chi connectivity index (χ1n) is 5.73. The summed E-state index contributed by atoms with van der Waals surface area (Å²) in [7, 11) is 0. The van der Waals surface area contributed by atoms with Crippen LogP contribution in [0.1, 0.15) is 0 Å². The minimum atomic E-state index is 0.198. The van der Waals surface area contributed by atoms with E-state index in [1.165, 1.54) is 0 Å². The van der Waals surface area contributed by atoms with Gasteiger partial charge in [-0.25, -0.2) is 0 Å². The van der Waals surface area contributed by atoms with Crippen LogP contribution in [0.15, 0.2) is 60.8 Å². The summed E-state index contributed by atoms with van der Waals surface area (Å²) in [6.07, 6.45) is 1.67. The van der Waals surface area contributed by atoms with Gasteiger partial charge in [-0.1, -0.05) is 18.2 Å². The lowest BCUT2D eigenvalue weighted by Gasteiger charge is -2.10. The third-order valence-electron chi connectivity index (χ3n) is 2.80. The van der Waals surface area contributed by atoms with Crippen LogP contribution in [0.2, 0.25) is 0 Å². The van der Waals surface area contributed by atoms with E-state index in [1.807, 2.05) is 48.5 Å². The van der Waals surface area contributed by atoms with Gasteiger partial charge in [-0.2, -0.15) is 0 Å². The number of para-hydroxylation sites is 1. The van der Waals surface area contributed by atoms with E-state index < -0.39 is 0 Å². The van der Waals surface area contributed by atoms with Gasteiger partial charge in [-0.3, -0.25) is 4.98 Å². The van der Waals surface area contributed by atoms with Crippen LogP contribution in [0.5, 0.6) is 5.75 Å². The summed E-state index contributed by atoms with van der Waals surface area (Å²) in [4.78, 5) is 4.19. The lowest BCUT2D eigenvalue weighted by Crippen LogP contribution is -1.91. The molecule has 2 aromatic carbocycles. The largest absolute Gasteiger partial charge is 0.506 e. The molecule has 2 N–H and O–H groups in total. The lowest BCUT2D eigenvalue weighted by atomic mass is 10.1. The second kappa shape index (κ2) is 4.37. The van der Waals surface area contributed by atoms with Crippen LogP contribution in [0.25, 0.3) is 10.9 Å². The summed E-state index contributed by atoms with van der Waals surface area (Å²) in [5.41, 5.74) is 2.55. The molecular formula is C15H12N2O. The van der Waals surface area contributed by atoms with Gasteiger partial charge in [-0.15, -0.1) is 0 Å². The average Bonchev–Trinajstić information content (AvgIpc) is 2.44. The van der Waals surface area contributed by atoms with E-state index in [9.17, 15) is 5.11 Å². The normalized spacial score (nSPS) is 10.4. The molecule has 0 aliphatic rings. The number of hydrogen-bond donors (Lipinski definition) is 2. The molecule has 18 heavy (non-hydrogen) atoms. The number of pyridine rings is 1. The summed E-state index contributed by atoms with van der Waals surface area (Å²) in [6, 6.07) is 17.2. The molecule has 88 valence electrons. The SMILES string of the molecule is Oc1ccc(Nc2ccccc2)c2cccnc12. The van der Waals surface area contributed by atoms with Crippen LogP contribution in [0.4, 0.5) is 11.4 Å². The number of benzene rings is 2. The van der Waals surface area contributed by atoms with Crippen LogP contribution in [-0.2, 0) is 0 Å². The molecule has 0 radical (unpaired) electrons. The van der Waals surface area contributed by atoms with Crippen LogP contribution >= 0.6 is 0 Å². The summed E-state index contributed by atoms with van der Waals surface area (Å²) in [5, 5.41) is 14.0. The Labute approximate surface area is 105 Å². The van der Waals surface area contributed by atoms with E-state index in [-0.39, 0.29) is 5.75 Å². The Bertz CT molecular complexity index is 680. The molecule has 0 aliphatic heterocycles. The van der Waals surface area contributed by atoms with Gasteiger partial charge in [0.1, 0.15) is 11.3 Å². The molecular weight excluding hydrogens is 224 g/mol. The molecule has 0 atom stereocenters. The Balaban J connectivity index is 2.10. The summed E-state index contributed by atoms with van der Waals surface area (Å²) in [5.74, 6) is 0.198. The Kier molecular flexibility index (Phi) is 2.57. The number of fused-ring (bicyclic) bond motifs is 1. The Morgan fingerprint density at radius 3 is 2.56 bits per heavy atom. The molecule has 0 saturated carbocycles. The Morgan fingerprint density at radius 2 is 1.72 bits per heavy atom. The van der Waals surface area contributed by atoms with Gasteiger partial charge in [0.05, 0.1) is 0 Å². The number of hydrogen-bond acceptors (Lipinski definition) is 3. The smallest absolute Gasteiger partial charge is 0.141 e. The molecule has 0 bridgehead atoms. The van der Waals surface area contributed by atoms with Gasteiger partial charge >= 0.3 is 0 Å². The number of rotatable bonds is 2. The highest BCUT2D eigenvalue weighted by Gasteiger charge is 2.05. The molecule has 1 aromatic heterocycles. The first-order valence-corrected chi connectivity index (χ1v) is 5.73. The predicted octanol–water partition coefficient (Wildman–Crippen LogP) is 3.68. The molecule has 0 unspecified atom stereocenters. The zero-order valence-electron chi connectivity index (χ0n) is 9.67. The minimum Gasteiger partial charge on any atom is -0.506 e. The van der Waals surface area contributed by atoms with E-state index in [0.717, 1.165) is 16.8 Å². The molecule has 1 heterocycles. The molecule has 0 aliphatic carbocycles. The van der Waals surface area contributed by atoms with Crippen molar-refractivity contribution in [1.82, 2.24) is 4.98 Å². The standard InChI is InChI=1S/C15H12N2O/c18-14-9-8-13(12-7-4-10-16-15(12)14)17-11-5-2-1-3-6-11/h1-10,17-18H. The third-order valence-corrected chi connectivity index (χ3v) is 2.80. The molecule has 3 aromatic rings. The summed E-state index contributed by atoms with van der Waals surface area (Å²) >= 11 is 0. The zero-order valence-corrected chi connectivity index (χ0v) is 9.67. The fourth-order valence-electron chi connectivity index (χ4n) is 1.94. The van der Waals surface area contributed by atoms with Crippen molar-refractivity contribution in [3.05, 3.63) is 60.8 Å². The fraction of sp³-hybridized carbons (Fsp3) is 0. The zero-order chi connectivity index (χ0) is 12.4. The van der Waals surface area contributed by atoms with Gasteiger partial charge in [0.25, 0.3) is 0 Å². The highest BCUT2D eigenvalue weighted by atomic mass is 16.3. The summed E-state index contributed by atoms with van der Waals surface area (Å²) in [6.45, 7) is 0. The lowest BCUT2D eigenvalue weighted by molar-refractivity contribution is 0.480. The Morgan fingerprint density at radius 1 is 0.889 bits per heavy atom. The third kappa shape index (κ3) is 1.86.